The molecule has 2 aliphatic rings. The van der Waals surface area contributed by atoms with Crippen LogP contribution in [0.15, 0.2) is 48.0 Å². The van der Waals surface area contributed by atoms with Crippen LogP contribution in [0.25, 0.3) is 5.76 Å². The molecule has 0 aromatic heterocycles. The van der Waals surface area contributed by atoms with E-state index in [9.17, 15) is 14.7 Å². The second-order valence-electron chi connectivity index (χ2n) is 9.42. The molecule has 0 bridgehead atoms. The van der Waals surface area contributed by atoms with Crippen molar-refractivity contribution in [2.45, 2.75) is 58.1 Å². The van der Waals surface area contributed by atoms with Gasteiger partial charge in [0.25, 0.3) is 11.7 Å². The summed E-state index contributed by atoms with van der Waals surface area (Å²) in [5.74, 6) is -0.404. The number of carbonyl (C=O) groups is 2. The van der Waals surface area contributed by atoms with Crippen LogP contribution in [0.2, 0.25) is 0 Å². The van der Waals surface area contributed by atoms with Gasteiger partial charge >= 0.3 is 0 Å². The molecule has 2 heterocycles. The van der Waals surface area contributed by atoms with Crippen molar-refractivity contribution in [2.24, 2.45) is 0 Å². The number of amides is 1. The number of aliphatic hydroxyl groups is 1. The van der Waals surface area contributed by atoms with Crippen molar-refractivity contribution in [3.63, 3.8) is 0 Å². The van der Waals surface area contributed by atoms with Gasteiger partial charge in [-0.05, 0) is 43.9 Å². The van der Waals surface area contributed by atoms with E-state index in [0.29, 0.717) is 35.8 Å². The van der Waals surface area contributed by atoms with Crippen molar-refractivity contribution in [3.05, 3.63) is 64.7 Å². The van der Waals surface area contributed by atoms with Crippen molar-refractivity contribution in [3.8, 4) is 11.5 Å². The molecule has 2 aromatic carbocycles. The summed E-state index contributed by atoms with van der Waals surface area (Å²) in [5, 5.41) is 11.3. The Hall–Kier alpha value is -3.32. The Labute approximate surface area is 212 Å². The molecule has 0 saturated carbocycles. The zero-order valence-corrected chi connectivity index (χ0v) is 21.3. The molecule has 2 fully saturated rings. The largest absolute Gasteiger partial charge is 0.507 e. The first-order chi connectivity index (χ1) is 17.4. The summed E-state index contributed by atoms with van der Waals surface area (Å²) >= 11 is 0. The maximum Gasteiger partial charge on any atom is 0.295 e. The molecule has 0 aliphatic carbocycles. The zero-order chi connectivity index (χ0) is 25.7. The average Bonchev–Trinajstić information content (AvgIpc) is 3.49. The first-order valence-corrected chi connectivity index (χ1v) is 12.7. The monoisotopic (exact) mass is 493 g/mol. The van der Waals surface area contributed by atoms with Crippen LogP contribution in [0.4, 0.5) is 0 Å². The summed E-state index contributed by atoms with van der Waals surface area (Å²) in [7, 11) is 1.56. The number of rotatable bonds is 10. The first-order valence-electron chi connectivity index (χ1n) is 12.7. The van der Waals surface area contributed by atoms with Gasteiger partial charge in [0.15, 0.2) is 11.5 Å². The van der Waals surface area contributed by atoms with Crippen LogP contribution in [-0.4, -0.2) is 54.7 Å². The molecule has 2 aliphatic heterocycles. The highest BCUT2D eigenvalue weighted by molar-refractivity contribution is 6.46. The number of nitrogens with zero attached hydrogens (tertiary/aromatic N) is 1. The lowest BCUT2D eigenvalue weighted by Gasteiger charge is -2.28. The summed E-state index contributed by atoms with van der Waals surface area (Å²) < 4.78 is 17.3. The number of aliphatic hydroxyl groups excluding tert-OH is 1. The molecule has 2 unspecified atom stereocenters. The van der Waals surface area contributed by atoms with Gasteiger partial charge in [-0.25, -0.2) is 0 Å². The Morgan fingerprint density at radius 1 is 1.11 bits per heavy atom. The predicted molar refractivity (Wildman–Crippen MR) is 137 cm³/mol. The van der Waals surface area contributed by atoms with E-state index in [2.05, 4.69) is 6.92 Å². The van der Waals surface area contributed by atoms with Crippen LogP contribution in [0.5, 0.6) is 11.5 Å². The first kappa shape index (κ1) is 25.8. The van der Waals surface area contributed by atoms with Gasteiger partial charge in [0.2, 0.25) is 0 Å². The Morgan fingerprint density at radius 2 is 1.89 bits per heavy atom. The highest BCUT2D eigenvalue weighted by Crippen LogP contribution is 2.42. The molecule has 2 saturated heterocycles. The molecule has 0 spiro atoms. The fraction of sp³-hybridized carbons (Fsp3) is 0.448. The number of ether oxygens (including phenoxy) is 3. The smallest absolute Gasteiger partial charge is 0.295 e. The summed E-state index contributed by atoms with van der Waals surface area (Å²) in [6, 6.07) is 11.9. The molecule has 7 nitrogen and oxygen atoms in total. The number of hydrogen-bond donors (Lipinski definition) is 1. The van der Waals surface area contributed by atoms with Gasteiger partial charge in [-0.1, -0.05) is 55.7 Å². The molecule has 7 heteroatoms. The summed E-state index contributed by atoms with van der Waals surface area (Å²) in [5.41, 5.74) is 2.25. The molecule has 0 radical (unpaired) electrons. The molecular formula is C29H35NO6. The lowest BCUT2D eigenvalue weighted by Crippen LogP contribution is -2.36. The maximum absolute atomic E-state index is 13.3. The normalized spacial score (nSPS) is 21.2. The number of likely N-dealkylation sites (tertiary alicyclic amines) is 1. The van der Waals surface area contributed by atoms with E-state index in [4.69, 9.17) is 14.2 Å². The minimum Gasteiger partial charge on any atom is -0.507 e. The molecule has 192 valence electrons. The Bertz CT molecular complexity index is 1120. The zero-order valence-electron chi connectivity index (χ0n) is 21.3. The number of benzene rings is 2. The van der Waals surface area contributed by atoms with Crippen molar-refractivity contribution in [2.75, 3.05) is 26.9 Å². The Balaban J connectivity index is 1.75. The lowest BCUT2D eigenvalue weighted by molar-refractivity contribution is -0.140. The van der Waals surface area contributed by atoms with Gasteiger partial charge in [-0.3, -0.25) is 9.59 Å². The van der Waals surface area contributed by atoms with Crippen molar-refractivity contribution >= 4 is 17.4 Å². The van der Waals surface area contributed by atoms with E-state index in [0.717, 1.165) is 37.7 Å². The molecular weight excluding hydrogens is 458 g/mol. The number of carbonyl (C=O) groups excluding carboxylic acids is 2. The average molecular weight is 494 g/mol. The van der Waals surface area contributed by atoms with Gasteiger partial charge < -0.3 is 24.2 Å². The molecule has 2 aromatic rings. The van der Waals surface area contributed by atoms with Crippen molar-refractivity contribution < 1.29 is 28.9 Å². The second-order valence-corrected chi connectivity index (χ2v) is 9.42. The molecule has 2 atom stereocenters. The van der Waals surface area contributed by atoms with Crippen LogP contribution in [0.3, 0.4) is 0 Å². The molecule has 1 amide bonds. The van der Waals surface area contributed by atoms with Gasteiger partial charge in [0.05, 0.1) is 31.4 Å². The number of methoxy groups -OCH3 is 1. The van der Waals surface area contributed by atoms with E-state index >= 15 is 0 Å². The number of Topliss-reactive ketones (excluding diaryl/α,β-unsaturated/α-hetero) is 1. The molecule has 4 rings (SSSR count). The van der Waals surface area contributed by atoms with Crippen molar-refractivity contribution in [1.29, 1.82) is 0 Å². The second kappa shape index (κ2) is 11.6. The van der Waals surface area contributed by atoms with Crippen LogP contribution in [0, 0.1) is 6.92 Å². The van der Waals surface area contributed by atoms with E-state index < -0.39 is 17.7 Å². The summed E-state index contributed by atoms with van der Waals surface area (Å²) in [6.45, 7) is 5.58. The topological polar surface area (TPSA) is 85.3 Å². The van der Waals surface area contributed by atoms with Crippen LogP contribution in [-0.2, 0) is 14.3 Å². The molecule has 1 N–H and O–H groups in total. The number of unbranched alkanes of at least 4 members (excludes halogenated alkanes) is 2. The van der Waals surface area contributed by atoms with E-state index in [1.54, 1.807) is 31.4 Å². The van der Waals surface area contributed by atoms with E-state index in [-0.39, 0.29) is 24.0 Å². The third-order valence-electron chi connectivity index (χ3n) is 6.80. The lowest BCUT2D eigenvalue weighted by atomic mass is 9.94. The van der Waals surface area contributed by atoms with Gasteiger partial charge in [0.1, 0.15) is 5.76 Å². The highest BCUT2D eigenvalue weighted by atomic mass is 16.5. The van der Waals surface area contributed by atoms with Crippen LogP contribution in [0.1, 0.15) is 61.8 Å². The van der Waals surface area contributed by atoms with E-state index in [1.165, 1.54) is 4.90 Å². The minimum absolute atomic E-state index is 0.0699. The quantitative estimate of drug-likeness (QED) is 0.213. The van der Waals surface area contributed by atoms with Crippen LogP contribution < -0.4 is 9.47 Å². The Kier molecular flexibility index (Phi) is 8.31. The van der Waals surface area contributed by atoms with Gasteiger partial charge in [0, 0.05) is 18.7 Å². The minimum atomic E-state index is -0.765. The van der Waals surface area contributed by atoms with Gasteiger partial charge in [-0.15, -0.1) is 0 Å². The SMILES string of the molecule is CCCCCOc1ccc(C2/C(=C(\O)c3ccc(C)cc3)C(=O)C(=O)N2CC2CCCO2)cc1OC. The number of aryl methyl sites for hydroxylation is 1. The fourth-order valence-corrected chi connectivity index (χ4v) is 4.80. The standard InChI is InChI=1S/C29H35NO6/c1-4-5-6-15-36-23-14-13-21(17-24(23)34-3)26-25(27(31)20-11-9-19(2)10-12-20)28(32)29(33)30(26)18-22-8-7-16-35-22/h9-14,17,22,26,31H,4-8,15-16,18H2,1-3H3/b27-25+. The van der Waals surface area contributed by atoms with Crippen molar-refractivity contribution in [1.82, 2.24) is 4.90 Å². The number of ketones is 1. The fourth-order valence-electron chi connectivity index (χ4n) is 4.80. The van der Waals surface area contributed by atoms with E-state index in [1.807, 2.05) is 25.1 Å². The molecule has 36 heavy (non-hydrogen) atoms. The third kappa shape index (κ3) is 5.41. The summed E-state index contributed by atoms with van der Waals surface area (Å²) in [4.78, 5) is 28.0. The predicted octanol–water partition coefficient (Wildman–Crippen LogP) is 5.17. The van der Waals surface area contributed by atoms with Gasteiger partial charge in [-0.2, -0.15) is 0 Å². The summed E-state index contributed by atoms with van der Waals surface area (Å²) in [6.07, 6.45) is 4.72. The highest BCUT2D eigenvalue weighted by Gasteiger charge is 2.47. The maximum atomic E-state index is 13.3. The Morgan fingerprint density at radius 3 is 2.56 bits per heavy atom. The van der Waals surface area contributed by atoms with Crippen LogP contribution >= 0.6 is 0 Å². The number of hydrogen-bond acceptors (Lipinski definition) is 6. The third-order valence-corrected chi connectivity index (χ3v) is 6.80.